The number of nitrogens with zero attached hydrogens (tertiary/aromatic N) is 1. The summed E-state index contributed by atoms with van der Waals surface area (Å²) in [5, 5.41) is 3.45. The molecular weight excluding hydrogens is 172 g/mol. The van der Waals surface area contributed by atoms with Crippen LogP contribution in [0.2, 0.25) is 0 Å². The predicted molar refractivity (Wildman–Crippen MR) is 57.9 cm³/mol. The fourth-order valence-electron chi connectivity index (χ4n) is 2.13. The van der Waals surface area contributed by atoms with Crippen molar-refractivity contribution in [2.24, 2.45) is 11.8 Å². The molecule has 2 unspecified atom stereocenters. The summed E-state index contributed by atoms with van der Waals surface area (Å²) < 4.78 is 0. The van der Waals surface area contributed by atoms with Crippen LogP contribution in [0.5, 0.6) is 0 Å². The fourth-order valence-corrected chi connectivity index (χ4v) is 2.13. The highest BCUT2D eigenvalue weighted by atomic mass is 15.0. The van der Waals surface area contributed by atoms with E-state index in [4.69, 9.17) is 0 Å². The molecule has 2 heterocycles. The van der Waals surface area contributed by atoms with Crippen LogP contribution in [0.3, 0.4) is 0 Å². The number of hydrogen-bond donors (Lipinski definition) is 1. The zero-order chi connectivity index (χ0) is 9.97. The maximum atomic E-state index is 4.40. The molecule has 14 heavy (non-hydrogen) atoms. The van der Waals surface area contributed by atoms with Gasteiger partial charge in [0.25, 0.3) is 0 Å². The second kappa shape index (κ2) is 4.09. The van der Waals surface area contributed by atoms with Crippen LogP contribution in [0.1, 0.15) is 32.0 Å². The molecule has 2 heteroatoms. The summed E-state index contributed by atoms with van der Waals surface area (Å²) in [6.07, 6.45) is 3.18. The molecule has 1 aromatic rings. The van der Waals surface area contributed by atoms with Gasteiger partial charge in [-0.1, -0.05) is 19.9 Å². The zero-order valence-electron chi connectivity index (χ0n) is 8.90. The number of pyridine rings is 1. The first kappa shape index (κ1) is 9.66. The van der Waals surface area contributed by atoms with E-state index in [1.54, 1.807) is 0 Å². The average molecular weight is 190 g/mol. The van der Waals surface area contributed by atoms with Gasteiger partial charge in [-0.15, -0.1) is 0 Å². The Bertz CT molecular complexity index is 282. The van der Waals surface area contributed by atoms with Crippen LogP contribution in [-0.4, -0.2) is 11.5 Å². The summed E-state index contributed by atoms with van der Waals surface area (Å²) in [5.74, 6) is 1.57. The van der Waals surface area contributed by atoms with Gasteiger partial charge in [0.15, 0.2) is 0 Å². The number of aromatic nitrogens is 1. The van der Waals surface area contributed by atoms with Gasteiger partial charge < -0.3 is 5.32 Å². The van der Waals surface area contributed by atoms with Crippen LogP contribution >= 0.6 is 0 Å². The molecule has 1 aromatic heterocycles. The number of rotatable bonds is 3. The van der Waals surface area contributed by atoms with E-state index in [1.165, 1.54) is 12.1 Å². The van der Waals surface area contributed by atoms with Gasteiger partial charge in [-0.3, -0.25) is 4.98 Å². The van der Waals surface area contributed by atoms with Crippen LogP contribution in [-0.2, 0) is 0 Å². The highest BCUT2D eigenvalue weighted by Crippen LogP contribution is 2.32. The molecule has 1 aliphatic heterocycles. The normalized spacial score (nSPS) is 26.2. The van der Waals surface area contributed by atoms with Crippen LogP contribution < -0.4 is 5.32 Å². The van der Waals surface area contributed by atoms with E-state index < -0.39 is 0 Å². The van der Waals surface area contributed by atoms with E-state index in [0.29, 0.717) is 6.04 Å². The van der Waals surface area contributed by atoms with Gasteiger partial charge in [0.1, 0.15) is 0 Å². The molecule has 0 saturated carbocycles. The molecule has 0 radical (unpaired) electrons. The smallest absolute Gasteiger partial charge is 0.0576 e. The summed E-state index contributed by atoms with van der Waals surface area (Å²) in [5.41, 5.74) is 1.20. The first-order chi connectivity index (χ1) is 6.77. The molecule has 2 nitrogen and oxygen atoms in total. The second-order valence-corrected chi connectivity index (χ2v) is 4.53. The maximum Gasteiger partial charge on any atom is 0.0576 e. The molecule has 2 atom stereocenters. The van der Waals surface area contributed by atoms with Crippen LogP contribution in [0.15, 0.2) is 24.4 Å². The number of hydrogen-bond acceptors (Lipinski definition) is 2. The largest absolute Gasteiger partial charge is 0.308 e. The van der Waals surface area contributed by atoms with E-state index in [0.717, 1.165) is 18.4 Å². The average Bonchev–Trinajstić information content (AvgIpc) is 2.14. The van der Waals surface area contributed by atoms with E-state index in [9.17, 15) is 0 Å². The molecule has 0 bridgehead atoms. The predicted octanol–water partition coefficient (Wildman–Crippen LogP) is 2.39. The van der Waals surface area contributed by atoms with Crippen LogP contribution in [0.25, 0.3) is 0 Å². The lowest BCUT2D eigenvalue weighted by molar-refractivity contribution is 0.196. The lowest BCUT2D eigenvalue weighted by atomic mass is 9.82. The van der Waals surface area contributed by atoms with Crippen molar-refractivity contribution in [2.45, 2.75) is 26.3 Å². The SMILES string of the molecule is CC(C)CC1CNC1c1ccccn1. The Hall–Kier alpha value is -0.890. The van der Waals surface area contributed by atoms with Gasteiger partial charge in [0.05, 0.1) is 11.7 Å². The van der Waals surface area contributed by atoms with Gasteiger partial charge >= 0.3 is 0 Å². The Morgan fingerprint density at radius 1 is 1.50 bits per heavy atom. The highest BCUT2D eigenvalue weighted by Gasteiger charge is 2.32. The van der Waals surface area contributed by atoms with Crippen molar-refractivity contribution >= 4 is 0 Å². The van der Waals surface area contributed by atoms with Crippen molar-refractivity contribution in [1.29, 1.82) is 0 Å². The Labute approximate surface area is 85.7 Å². The highest BCUT2D eigenvalue weighted by molar-refractivity contribution is 5.13. The Kier molecular flexibility index (Phi) is 2.82. The van der Waals surface area contributed by atoms with Gasteiger partial charge in [-0.05, 0) is 30.4 Å². The first-order valence-corrected chi connectivity index (χ1v) is 5.41. The topological polar surface area (TPSA) is 24.9 Å². The van der Waals surface area contributed by atoms with E-state index in [2.05, 4.69) is 36.3 Å². The molecule has 1 saturated heterocycles. The molecule has 0 aromatic carbocycles. The minimum atomic E-state index is 0.499. The summed E-state index contributed by atoms with van der Waals surface area (Å²) in [6, 6.07) is 6.65. The van der Waals surface area contributed by atoms with Gasteiger partial charge in [-0.25, -0.2) is 0 Å². The minimum Gasteiger partial charge on any atom is -0.308 e. The van der Waals surface area contributed by atoms with Crippen LogP contribution in [0.4, 0.5) is 0 Å². The fraction of sp³-hybridized carbons (Fsp3) is 0.583. The monoisotopic (exact) mass is 190 g/mol. The molecule has 1 N–H and O–H groups in total. The van der Waals surface area contributed by atoms with Gasteiger partial charge in [0, 0.05) is 12.7 Å². The lowest BCUT2D eigenvalue weighted by Gasteiger charge is -2.38. The molecular formula is C12H18N2. The Morgan fingerprint density at radius 3 is 2.86 bits per heavy atom. The molecule has 0 spiro atoms. The maximum absolute atomic E-state index is 4.40. The Balaban J connectivity index is 2.00. The van der Waals surface area contributed by atoms with Gasteiger partial charge in [0.2, 0.25) is 0 Å². The quantitative estimate of drug-likeness (QED) is 0.791. The molecule has 76 valence electrons. The summed E-state index contributed by atoms with van der Waals surface area (Å²) in [7, 11) is 0. The number of nitrogens with one attached hydrogen (secondary N) is 1. The van der Waals surface area contributed by atoms with Gasteiger partial charge in [-0.2, -0.15) is 0 Å². The summed E-state index contributed by atoms with van der Waals surface area (Å²) in [4.78, 5) is 4.40. The van der Waals surface area contributed by atoms with Crippen LogP contribution in [0, 0.1) is 11.8 Å². The second-order valence-electron chi connectivity index (χ2n) is 4.53. The van der Waals surface area contributed by atoms with Crippen molar-refractivity contribution in [3.63, 3.8) is 0 Å². The third-order valence-electron chi connectivity index (χ3n) is 2.85. The molecule has 1 aliphatic rings. The van der Waals surface area contributed by atoms with Crippen molar-refractivity contribution in [3.8, 4) is 0 Å². The summed E-state index contributed by atoms with van der Waals surface area (Å²) >= 11 is 0. The Morgan fingerprint density at radius 2 is 2.36 bits per heavy atom. The standard InChI is InChI=1S/C12H18N2/c1-9(2)7-10-8-14-12(10)11-5-3-4-6-13-11/h3-6,9-10,12,14H,7-8H2,1-2H3. The van der Waals surface area contributed by atoms with Crippen molar-refractivity contribution in [3.05, 3.63) is 30.1 Å². The van der Waals surface area contributed by atoms with Crippen molar-refractivity contribution in [2.75, 3.05) is 6.54 Å². The van der Waals surface area contributed by atoms with Crippen molar-refractivity contribution < 1.29 is 0 Å². The zero-order valence-corrected chi connectivity index (χ0v) is 8.90. The van der Waals surface area contributed by atoms with Crippen molar-refractivity contribution in [1.82, 2.24) is 10.3 Å². The molecule has 2 rings (SSSR count). The molecule has 0 aliphatic carbocycles. The van der Waals surface area contributed by atoms with E-state index in [1.807, 2.05) is 12.3 Å². The minimum absolute atomic E-state index is 0.499. The van der Waals surface area contributed by atoms with E-state index in [-0.39, 0.29) is 0 Å². The first-order valence-electron chi connectivity index (χ1n) is 5.41. The van der Waals surface area contributed by atoms with E-state index >= 15 is 0 Å². The summed E-state index contributed by atoms with van der Waals surface area (Å²) in [6.45, 7) is 5.72. The molecule has 1 fully saturated rings. The third-order valence-corrected chi connectivity index (χ3v) is 2.85. The third kappa shape index (κ3) is 1.95. The lowest BCUT2D eigenvalue weighted by Crippen LogP contribution is -2.46. The molecule has 0 amide bonds.